The van der Waals surface area contributed by atoms with Crippen LogP contribution in [0.15, 0.2) is 65.6 Å². The van der Waals surface area contributed by atoms with Crippen LogP contribution in [0.3, 0.4) is 0 Å². The number of piperazine rings is 1. The molecule has 1 N–H and O–H groups in total. The van der Waals surface area contributed by atoms with Gasteiger partial charge in [0.1, 0.15) is 5.65 Å². The number of aryl methyl sites for hydroxylation is 1. The lowest BCUT2D eigenvalue weighted by atomic mass is 9.99. The number of nitrogens with zero attached hydrogens (tertiary/aromatic N) is 4. The number of hydrogen-bond acceptors (Lipinski definition) is 6. The quantitative estimate of drug-likeness (QED) is 0.373. The van der Waals surface area contributed by atoms with Gasteiger partial charge in [0.25, 0.3) is 5.56 Å². The summed E-state index contributed by atoms with van der Waals surface area (Å²) in [4.78, 5) is 32.7. The number of pyridine rings is 3. The molecule has 4 aromatic heterocycles. The average Bonchev–Trinajstić information content (AvgIpc) is 3.33. The number of hydrogen-bond donors (Lipinski definition) is 1. The van der Waals surface area contributed by atoms with Crippen LogP contribution in [0.1, 0.15) is 10.4 Å². The van der Waals surface area contributed by atoms with E-state index < -0.39 is 0 Å². The Labute approximate surface area is 214 Å². The van der Waals surface area contributed by atoms with E-state index >= 15 is 0 Å². The topological polar surface area (TPSA) is 65.1 Å². The highest BCUT2D eigenvalue weighted by atomic mass is 32.1. The Bertz CT molecular complexity index is 1610. The molecule has 0 radical (unpaired) electrons. The maximum absolute atomic E-state index is 13.0. The summed E-state index contributed by atoms with van der Waals surface area (Å²) in [6.45, 7) is 7.25. The monoisotopic (exact) mass is 495 g/mol. The van der Waals surface area contributed by atoms with E-state index in [1.165, 1.54) is 4.88 Å². The van der Waals surface area contributed by atoms with Gasteiger partial charge in [-0.05, 0) is 68.4 Å². The first-order valence-electron chi connectivity index (χ1n) is 12.4. The molecule has 6 rings (SSSR count). The van der Waals surface area contributed by atoms with E-state index in [2.05, 4.69) is 76.2 Å². The van der Waals surface area contributed by atoms with E-state index in [9.17, 15) is 4.79 Å². The van der Waals surface area contributed by atoms with Crippen molar-refractivity contribution in [2.75, 3.05) is 39.8 Å². The van der Waals surface area contributed by atoms with Gasteiger partial charge in [-0.3, -0.25) is 9.78 Å². The summed E-state index contributed by atoms with van der Waals surface area (Å²) in [7, 11) is 2.16. The molecular formula is C29H29N5OS. The second kappa shape index (κ2) is 9.58. The van der Waals surface area contributed by atoms with Gasteiger partial charge in [0, 0.05) is 65.7 Å². The Balaban J connectivity index is 1.43. The summed E-state index contributed by atoms with van der Waals surface area (Å²) in [5.41, 5.74) is 5.43. The number of likely N-dealkylation sites (N-methyl/N-ethyl adjacent to an activating group) is 1. The summed E-state index contributed by atoms with van der Waals surface area (Å²) < 4.78 is 0. The van der Waals surface area contributed by atoms with E-state index in [-0.39, 0.29) is 5.56 Å². The second-order valence-electron chi connectivity index (χ2n) is 9.66. The Hall–Kier alpha value is -3.39. The van der Waals surface area contributed by atoms with Crippen molar-refractivity contribution in [3.05, 3.63) is 81.6 Å². The highest BCUT2D eigenvalue weighted by Crippen LogP contribution is 2.37. The number of rotatable bonds is 5. The molecule has 1 saturated heterocycles. The van der Waals surface area contributed by atoms with Crippen LogP contribution in [0, 0.1) is 6.92 Å². The molecule has 0 aliphatic carbocycles. The second-order valence-corrected chi connectivity index (χ2v) is 11.0. The first-order chi connectivity index (χ1) is 17.5. The van der Waals surface area contributed by atoms with E-state index in [1.54, 1.807) is 11.3 Å². The Morgan fingerprint density at radius 2 is 1.86 bits per heavy atom. The molecule has 0 unspecified atom stereocenters. The van der Waals surface area contributed by atoms with Crippen LogP contribution in [0.5, 0.6) is 0 Å². The fourth-order valence-corrected chi connectivity index (χ4v) is 5.80. The Morgan fingerprint density at radius 1 is 1.00 bits per heavy atom. The van der Waals surface area contributed by atoms with Gasteiger partial charge in [0.15, 0.2) is 0 Å². The van der Waals surface area contributed by atoms with Crippen LogP contribution in [0.25, 0.3) is 43.6 Å². The van der Waals surface area contributed by atoms with Gasteiger partial charge in [-0.25, -0.2) is 4.98 Å². The van der Waals surface area contributed by atoms with Crippen molar-refractivity contribution in [3.63, 3.8) is 0 Å². The summed E-state index contributed by atoms with van der Waals surface area (Å²) in [6, 6.07) is 18.8. The average molecular weight is 496 g/mol. The van der Waals surface area contributed by atoms with Crippen molar-refractivity contribution < 1.29 is 0 Å². The molecular weight excluding hydrogens is 466 g/mol. The summed E-state index contributed by atoms with van der Waals surface area (Å²) in [6.07, 6.45) is 2.55. The molecule has 7 heteroatoms. The van der Waals surface area contributed by atoms with Crippen molar-refractivity contribution in [1.29, 1.82) is 0 Å². The molecule has 36 heavy (non-hydrogen) atoms. The van der Waals surface area contributed by atoms with Gasteiger partial charge in [-0.2, -0.15) is 0 Å². The summed E-state index contributed by atoms with van der Waals surface area (Å²) in [5.74, 6) is 0. The third kappa shape index (κ3) is 4.57. The van der Waals surface area contributed by atoms with Crippen molar-refractivity contribution in [3.8, 4) is 21.7 Å². The number of benzene rings is 1. The van der Waals surface area contributed by atoms with Crippen molar-refractivity contribution in [2.45, 2.75) is 13.3 Å². The lowest BCUT2D eigenvalue weighted by molar-refractivity contribution is 0.155. The number of aromatic amines is 1. The van der Waals surface area contributed by atoms with Crippen molar-refractivity contribution >= 4 is 33.3 Å². The van der Waals surface area contributed by atoms with Crippen LogP contribution in [-0.2, 0) is 6.42 Å². The molecule has 1 fully saturated rings. The number of fused-ring (bicyclic) bond motifs is 2. The maximum Gasteiger partial charge on any atom is 0.252 e. The molecule has 5 heterocycles. The summed E-state index contributed by atoms with van der Waals surface area (Å²) in [5, 5.41) is 2.05. The highest BCUT2D eigenvalue weighted by molar-refractivity contribution is 7.15. The molecule has 0 saturated carbocycles. The largest absolute Gasteiger partial charge is 0.306 e. The van der Waals surface area contributed by atoms with Crippen LogP contribution >= 0.6 is 11.3 Å². The standard InChI is InChI=1S/C29H29N5OS/c1-19-5-8-26(36-19)27-24(20-6-7-25-21(16-20)4-3-10-30-25)18-23-17-22(29(35)32-28(23)31-27)9-11-34-14-12-33(2)13-15-34/h3-8,10,16-18H,9,11-15H2,1-2H3,(H,31,32,35). The smallest absolute Gasteiger partial charge is 0.252 e. The molecule has 5 aromatic rings. The molecule has 6 nitrogen and oxygen atoms in total. The zero-order valence-corrected chi connectivity index (χ0v) is 21.4. The molecule has 0 bridgehead atoms. The molecule has 1 aliphatic heterocycles. The van der Waals surface area contributed by atoms with Gasteiger partial charge in [0.2, 0.25) is 0 Å². The number of thiophene rings is 1. The summed E-state index contributed by atoms with van der Waals surface area (Å²) >= 11 is 1.72. The zero-order chi connectivity index (χ0) is 24.6. The molecule has 0 spiro atoms. The number of H-pyrrole nitrogens is 1. The minimum atomic E-state index is -0.0398. The maximum atomic E-state index is 13.0. The van der Waals surface area contributed by atoms with Crippen LogP contribution in [-0.4, -0.2) is 64.5 Å². The molecule has 1 aliphatic rings. The third-order valence-corrected chi connectivity index (χ3v) is 8.09. The molecule has 182 valence electrons. The van der Waals surface area contributed by atoms with Crippen LogP contribution < -0.4 is 5.56 Å². The molecule has 0 atom stereocenters. The predicted molar refractivity (Wildman–Crippen MR) is 149 cm³/mol. The first-order valence-corrected chi connectivity index (χ1v) is 13.2. The van der Waals surface area contributed by atoms with E-state index in [4.69, 9.17) is 4.98 Å². The van der Waals surface area contributed by atoms with Gasteiger partial charge in [-0.15, -0.1) is 11.3 Å². The SMILES string of the molecule is Cc1ccc(-c2nc3[nH]c(=O)c(CCN4CCN(C)CC4)cc3cc2-c2ccc3ncccc3c2)s1. The fourth-order valence-electron chi connectivity index (χ4n) is 4.93. The van der Waals surface area contributed by atoms with Gasteiger partial charge in [-0.1, -0.05) is 12.1 Å². The van der Waals surface area contributed by atoms with Crippen molar-refractivity contribution in [2.24, 2.45) is 0 Å². The third-order valence-electron chi connectivity index (χ3n) is 7.09. The number of aromatic nitrogens is 3. The fraction of sp³-hybridized carbons (Fsp3) is 0.276. The molecule has 0 amide bonds. The van der Waals surface area contributed by atoms with Gasteiger partial charge < -0.3 is 14.8 Å². The first kappa shape index (κ1) is 23.0. The highest BCUT2D eigenvalue weighted by Gasteiger charge is 2.17. The number of nitrogens with one attached hydrogen (secondary N) is 1. The van der Waals surface area contributed by atoms with E-state index in [1.807, 2.05) is 18.3 Å². The Morgan fingerprint density at radius 3 is 2.67 bits per heavy atom. The predicted octanol–water partition coefficient (Wildman–Crippen LogP) is 4.97. The Kier molecular flexibility index (Phi) is 6.13. The molecule has 1 aromatic carbocycles. The lowest BCUT2D eigenvalue weighted by Crippen LogP contribution is -2.45. The van der Waals surface area contributed by atoms with Gasteiger partial charge >= 0.3 is 0 Å². The lowest BCUT2D eigenvalue weighted by Gasteiger charge is -2.32. The minimum Gasteiger partial charge on any atom is -0.306 e. The van der Waals surface area contributed by atoms with E-state index in [0.29, 0.717) is 5.65 Å². The zero-order valence-electron chi connectivity index (χ0n) is 20.6. The normalized spacial score (nSPS) is 15.2. The van der Waals surface area contributed by atoms with Gasteiger partial charge in [0.05, 0.1) is 16.1 Å². The minimum absolute atomic E-state index is 0.0398. The van der Waals surface area contributed by atoms with Crippen LogP contribution in [0.2, 0.25) is 0 Å². The van der Waals surface area contributed by atoms with Crippen molar-refractivity contribution in [1.82, 2.24) is 24.8 Å². The van der Waals surface area contributed by atoms with Crippen LogP contribution in [0.4, 0.5) is 0 Å². The van der Waals surface area contributed by atoms with E-state index in [0.717, 1.165) is 82.7 Å².